The van der Waals surface area contributed by atoms with Crippen molar-refractivity contribution in [1.82, 2.24) is 10.9 Å². The summed E-state index contributed by atoms with van der Waals surface area (Å²) in [7, 11) is 0. The zero-order valence-electron chi connectivity index (χ0n) is 15.7. The molecule has 0 bridgehead atoms. The fraction of sp³-hybridized carbons (Fsp3) is 0.350. The number of benzene rings is 1. The van der Waals surface area contributed by atoms with Crippen LogP contribution in [0.2, 0.25) is 0 Å². The smallest absolute Gasteiger partial charge is 0.349 e. The average Bonchev–Trinajstić information content (AvgIpc) is 3.09. The van der Waals surface area contributed by atoms with Crippen LogP contribution in [-0.2, 0) is 22.4 Å². The summed E-state index contributed by atoms with van der Waals surface area (Å²) in [6.45, 7) is 5.60. The van der Waals surface area contributed by atoms with Gasteiger partial charge in [0.15, 0.2) is 6.10 Å². The first-order valence-electron chi connectivity index (χ1n) is 8.94. The van der Waals surface area contributed by atoms with Crippen LogP contribution in [0.3, 0.4) is 0 Å². The molecule has 6 nitrogen and oxygen atoms in total. The lowest BCUT2D eigenvalue weighted by molar-refractivity contribution is -0.129. The number of rotatable bonds is 7. The maximum Gasteiger partial charge on any atom is 0.349 e. The Bertz CT molecular complexity index is 802. The monoisotopic (exact) mass is 388 g/mol. The predicted octanol–water partition coefficient (Wildman–Crippen LogP) is 3.27. The summed E-state index contributed by atoms with van der Waals surface area (Å²) < 4.78 is 5.24. The van der Waals surface area contributed by atoms with E-state index in [9.17, 15) is 14.4 Å². The molecule has 27 heavy (non-hydrogen) atoms. The summed E-state index contributed by atoms with van der Waals surface area (Å²) in [5.74, 6) is -1.58. The quantitative estimate of drug-likeness (QED) is 0.563. The third-order valence-corrected chi connectivity index (χ3v) is 5.16. The van der Waals surface area contributed by atoms with Crippen LogP contribution in [0.1, 0.15) is 57.7 Å². The number of hydrogen-bond donors (Lipinski definition) is 2. The van der Waals surface area contributed by atoms with E-state index in [1.807, 2.05) is 13.0 Å². The lowest BCUT2D eigenvalue weighted by Gasteiger charge is -2.13. The van der Waals surface area contributed by atoms with Crippen molar-refractivity contribution in [1.29, 1.82) is 0 Å². The van der Waals surface area contributed by atoms with Crippen LogP contribution in [0.15, 0.2) is 36.4 Å². The Balaban J connectivity index is 1.90. The summed E-state index contributed by atoms with van der Waals surface area (Å²) in [4.78, 5) is 38.0. The lowest BCUT2D eigenvalue weighted by atomic mass is 10.1. The zero-order valence-corrected chi connectivity index (χ0v) is 16.5. The summed E-state index contributed by atoms with van der Waals surface area (Å²) in [6.07, 6.45) is 1.74. The van der Waals surface area contributed by atoms with Crippen LogP contribution in [0.5, 0.6) is 0 Å². The third kappa shape index (κ3) is 5.65. The standard InChI is InChI=1S/C20H24N2O4S/c1-4-9-16-14(5-2)12-17(27-16)20(25)26-13(3)18(23)21-22-19(24)15-10-7-6-8-11-15/h6-8,10-13H,4-5,9H2,1-3H3,(H,21,23)(H,22,24)/t13-/m0/s1. The number of carbonyl (C=O) groups excluding carboxylic acids is 3. The van der Waals surface area contributed by atoms with Gasteiger partial charge in [-0.1, -0.05) is 38.5 Å². The minimum Gasteiger partial charge on any atom is -0.448 e. The van der Waals surface area contributed by atoms with Crippen LogP contribution < -0.4 is 10.9 Å². The minimum absolute atomic E-state index is 0.414. The van der Waals surface area contributed by atoms with E-state index in [4.69, 9.17) is 4.74 Å². The van der Waals surface area contributed by atoms with Gasteiger partial charge in [-0.05, 0) is 43.5 Å². The van der Waals surface area contributed by atoms with E-state index in [-0.39, 0.29) is 0 Å². The molecule has 1 aromatic heterocycles. The Labute approximate surface area is 162 Å². The van der Waals surface area contributed by atoms with Gasteiger partial charge < -0.3 is 4.74 Å². The Morgan fingerprint density at radius 1 is 1.11 bits per heavy atom. The highest BCUT2D eigenvalue weighted by molar-refractivity contribution is 7.14. The first kappa shape index (κ1) is 20.6. The second-order valence-corrected chi connectivity index (χ2v) is 7.16. The normalized spacial score (nSPS) is 11.5. The molecule has 0 spiro atoms. The van der Waals surface area contributed by atoms with Crippen LogP contribution in [-0.4, -0.2) is 23.9 Å². The number of hydrogen-bond acceptors (Lipinski definition) is 5. The van der Waals surface area contributed by atoms with Crippen molar-refractivity contribution in [3.63, 3.8) is 0 Å². The molecule has 0 fully saturated rings. The number of esters is 1. The molecular weight excluding hydrogens is 364 g/mol. The molecule has 2 rings (SSSR count). The SMILES string of the molecule is CCCc1sc(C(=O)O[C@@H](C)C(=O)NNC(=O)c2ccccc2)cc1CC. The van der Waals surface area contributed by atoms with Crippen molar-refractivity contribution in [2.75, 3.05) is 0 Å². The van der Waals surface area contributed by atoms with Gasteiger partial charge in [0.1, 0.15) is 4.88 Å². The topological polar surface area (TPSA) is 84.5 Å². The molecule has 2 N–H and O–H groups in total. The van der Waals surface area contributed by atoms with Crippen LogP contribution in [0.4, 0.5) is 0 Å². The van der Waals surface area contributed by atoms with Crippen molar-refractivity contribution in [3.05, 3.63) is 57.3 Å². The van der Waals surface area contributed by atoms with E-state index in [1.54, 1.807) is 30.3 Å². The second-order valence-electron chi connectivity index (χ2n) is 6.02. The second kappa shape index (κ2) is 9.87. The maximum atomic E-state index is 12.3. The highest BCUT2D eigenvalue weighted by atomic mass is 32.1. The molecule has 0 aliphatic carbocycles. The van der Waals surface area contributed by atoms with Gasteiger partial charge >= 0.3 is 5.97 Å². The van der Waals surface area contributed by atoms with Crippen molar-refractivity contribution >= 4 is 29.1 Å². The van der Waals surface area contributed by atoms with Gasteiger partial charge in [0.2, 0.25) is 0 Å². The molecule has 0 radical (unpaired) electrons. The van der Waals surface area contributed by atoms with E-state index < -0.39 is 23.9 Å². The molecule has 144 valence electrons. The van der Waals surface area contributed by atoms with Crippen LogP contribution in [0.25, 0.3) is 0 Å². The summed E-state index contributed by atoms with van der Waals surface area (Å²) in [6, 6.07) is 10.3. The number of nitrogens with one attached hydrogen (secondary N) is 2. The van der Waals surface area contributed by atoms with Gasteiger partial charge in [-0.25, -0.2) is 4.79 Å². The van der Waals surface area contributed by atoms with E-state index in [2.05, 4.69) is 17.8 Å². The molecule has 1 aromatic carbocycles. The van der Waals surface area contributed by atoms with E-state index in [0.29, 0.717) is 10.4 Å². The number of carbonyl (C=O) groups is 3. The first-order valence-corrected chi connectivity index (χ1v) is 9.75. The molecule has 7 heteroatoms. The molecule has 2 aromatic rings. The largest absolute Gasteiger partial charge is 0.448 e. The zero-order chi connectivity index (χ0) is 19.8. The molecule has 0 aliphatic rings. The minimum atomic E-state index is -1.03. The van der Waals surface area contributed by atoms with Crippen molar-refractivity contribution < 1.29 is 19.1 Å². The number of amides is 2. The van der Waals surface area contributed by atoms with Gasteiger partial charge in [-0.15, -0.1) is 11.3 Å². The van der Waals surface area contributed by atoms with Gasteiger partial charge in [0.05, 0.1) is 0 Å². The molecule has 0 aliphatic heterocycles. The van der Waals surface area contributed by atoms with E-state index in [1.165, 1.54) is 23.1 Å². The number of ether oxygens (including phenoxy) is 1. The number of hydrazine groups is 1. The highest BCUT2D eigenvalue weighted by Crippen LogP contribution is 2.25. The molecule has 1 atom stereocenters. The summed E-state index contributed by atoms with van der Waals surface area (Å²) >= 11 is 1.41. The fourth-order valence-corrected chi connectivity index (χ4v) is 3.70. The Morgan fingerprint density at radius 3 is 2.44 bits per heavy atom. The summed E-state index contributed by atoms with van der Waals surface area (Å²) in [5.41, 5.74) is 6.13. The van der Waals surface area contributed by atoms with Crippen LogP contribution in [0, 0.1) is 0 Å². The molecule has 0 saturated carbocycles. The van der Waals surface area contributed by atoms with Crippen LogP contribution >= 0.6 is 11.3 Å². The van der Waals surface area contributed by atoms with Gasteiger partial charge in [-0.2, -0.15) is 0 Å². The third-order valence-electron chi connectivity index (χ3n) is 3.94. The van der Waals surface area contributed by atoms with Gasteiger partial charge in [0, 0.05) is 10.4 Å². The predicted molar refractivity (Wildman–Crippen MR) is 105 cm³/mol. The van der Waals surface area contributed by atoms with Crippen molar-refractivity contribution in [2.24, 2.45) is 0 Å². The Morgan fingerprint density at radius 2 is 1.81 bits per heavy atom. The molecular formula is C20H24N2O4S. The molecule has 1 heterocycles. The van der Waals surface area contributed by atoms with E-state index in [0.717, 1.165) is 24.8 Å². The molecule has 0 unspecified atom stereocenters. The Hall–Kier alpha value is -2.67. The fourth-order valence-electron chi connectivity index (χ4n) is 2.46. The molecule has 2 amide bonds. The summed E-state index contributed by atoms with van der Waals surface area (Å²) in [5, 5.41) is 0. The van der Waals surface area contributed by atoms with Crippen molar-refractivity contribution in [2.45, 2.75) is 46.1 Å². The van der Waals surface area contributed by atoms with Crippen molar-refractivity contribution in [3.8, 4) is 0 Å². The van der Waals surface area contributed by atoms with Gasteiger partial charge in [-0.3, -0.25) is 20.4 Å². The maximum absolute atomic E-state index is 12.3. The first-order chi connectivity index (χ1) is 13.0. The molecule has 0 saturated heterocycles. The average molecular weight is 388 g/mol. The number of thiophene rings is 1. The van der Waals surface area contributed by atoms with Gasteiger partial charge in [0.25, 0.3) is 11.8 Å². The number of aryl methyl sites for hydroxylation is 2. The highest BCUT2D eigenvalue weighted by Gasteiger charge is 2.22. The van der Waals surface area contributed by atoms with E-state index >= 15 is 0 Å². The Kier molecular flexibility index (Phi) is 7.55. The lowest BCUT2D eigenvalue weighted by Crippen LogP contribution is -2.46.